The van der Waals surface area contributed by atoms with Gasteiger partial charge in [-0.2, -0.15) is 5.10 Å². The van der Waals surface area contributed by atoms with Crippen LogP contribution in [0.25, 0.3) is 10.3 Å². The largest absolute Gasteiger partial charge is 0.478 e. The number of amides is 1. The van der Waals surface area contributed by atoms with E-state index in [9.17, 15) is 13.2 Å². The monoisotopic (exact) mass is 575 g/mol. The Morgan fingerprint density at radius 3 is 2.59 bits per heavy atom. The van der Waals surface area contributed by atoms with Crippen molar-refractivity contribution in [3.8, 4) is 5.88 Å². The van der Waals surface area contributed by atoms with Gasteiger partial charge < -0.3 is 14.4 Å². The van der Waals surface area contributed by atoms with Crippen LogP contribution in [0.15, 0.2) is 46.4 Å². The number of morpholine rings is 1. The summed E-state index contributed by atoms with van der Waals surface area (Å²) in [6.45, 7) is 5.52. The SMILES string of the molecule is CCNS(=O)(=O)c1ccc(C(=NN2CCOCC2)C(=O)Nc2nc3ccc(OCCCN(C)C)nc3s2)cc1. The van der Waals surface area contributed by atoms with Crippen molar-refractivity contribution in [3.63, 3.8) is 0 Å². The summed E-state index contributed by atoms with van der Waals surface area (Å²) < 4.78 is 38.3. The normalized spacial score (nSPS) is 14.7. The highest BCUT2D eigenvalue weighted by atomic mass is 32.2. The molecule has 3 heterocycles. The fourth-order valence-corrected chi connectivity index (χ4v) is 5.61. The molecule has 14 heteroatoms. The highest BCUT2D eigenvalue weighted by Crippen LogP contribution is 2.26. The molecule has 2 aromatic heterocycles. The molecular weight excluding hydrogens is 542 g/mol. The van der Waals surface area contributed by atoms with Crippen LogP contribution in [0.2, 0.25) is 0 Å². The predicted molar refractivity (Wildman–Crippen MR) is 151 cm³/mol. The molecule has 0 atom stereocenters. The average Bonchev–Trinajstić information content (AvgIpc) is 3.31. The summed E-state index contributed by atoms with van der Waals surface area (Å²) >= 11 is 1.24. The molecule has 1 saturated heterocycles. The Labute approximate surface area is 232 Å². The van der Waals surface area contributed by atoms with Crippen LogP contribution in [0.1, 0.15) is 18.9 Å². The molecule has 0 spiro atoms. The van der Waals surface area contributed by atoms with Gasteiger partial charge in [0.15, 0.2) is 10.8 Å². The minimum Gasteiger partial charge on any atom is -0.478 e. The first kappa shape index (κ1) is 28.8. The molecule has 3 aromatic rings. The van der Waals surface area contributed by atoms with Crippen molar-refractivity contribution in [2.24, 2.45) is 5.10 Å². The topological polar surface area (TPSA) is 138 Å². The quantitative estimate of drug-likeness (QED) is 0.245. The molecule has 0 bridgehead atoms. The Kier molecular flexibility index (Phi) is 9.80. The number of nitrogens with one attached hydrogen (secondary N) is 2. The number of carbonyl (C=O) groups is 1. The number of sulfonamides is 1. The molecule has 1 aromatic carbocycles. The molecule has 1 amide bonds. The molecule has 0 radical (unpaired) electrons. The summed E-state index contributed by atoms with van der Waals surface area (Å²) in [5.41, 5.74) is 1.25. The third kappa shape index (κ3) is 7.92. The Hall–Kier alpha value is -3.17. The molecule has 2 N–H and O–H groups in total. The zero-order chi connectivity index (χ0) is 27.8. The minimum absolute atomic E-state index is 0.108. The number of hydrazone groups is 1. The van der Waals surface area contributed by atoms with E-state index in [0.717, 1.165) is 13.0 Å². The van der Waals surface area contributed by atoms with Gasteiger partial charge in [-0.3, -0.25) is 15.1 Å². The number of fused-ring (bicyclic) bond motifs is 1. The number of thiazole rings is 1. The van der Waals surface area contributed by atoms with Crippen molar-refractivity contribution in [1.82, 2.24) is 24.6 Å². The molecule has 0 saturated carbocycles. The average molecular weight is 576 g/mol. The number of hydrogen-bond acceptors (Lipinski definition) is 11. The number of aromatic nitrogens is 2. The summed E-state index contributed by atoms with van der Waals surface area (Å²) in [6.07, 6.45) is 0.879. The van der Waals surface area contributed by atoms with Crippen LogP contribution in [0.4, 0.5) is 5.13 Å². The van der Waals surface area contributed by atoms with E-state index in [1.54, 1.807) is 30.1 Å². The van der Waals surface area contributed by atoms with Crippen LogP contribution in [0.3, 0.4) is 0 Å². The number of benzene rings is 1. The van der Waals surface area contributed by atoms with E-state index in [0.29, 0.717) is 59.8 Å². The lowest BCUT2D eigenvalue weighted by Gasteiger charge is -2.24. The lowest BCUT2D eigenvalue weighted by atomic mass is 10.1. The van der Waals surface area contributed by atoms with E-state index in [4.69, 9.17) is 9.47 Å². The number of pyridine rings is 1. The minimum atomic E-state index is -3.62. The lowest BCUT2D eigenvalue weighted by molar-refractivity contribution is -0.110. The van der Waals surface area contributed by atoms with Gasteiger partial charge in [-0.15, -0.1) is 0 Å². The van der Waals surface area contributed by atoms with E-state index < -0.39 is 15.9 Å². The molecule has 4 rings (SSSR count). The number of rotatable bonds is 12. The van der Waals surface area contributed by atoms with Crippen LogP contribution in [-0.4, -0.2) is 100 Å². The fourth-order valence-electron chi connectivity index (χ4n) is 3.74. The first-order chi connectivity index (χ1) is 18.7. The number of hydrogen-bond donors (Lipinski definition) is 2. The zero-order valence-electron chi connectivity index (χ0n) is 22.2. The molecule has 1 fully saturated rings. The van der Waals surface area contributed by atoms with Crippen LogP contribution in [0, 0.1) is 0 Å². The van der Waals surface area contributed by atoms with Crippen LogP contribution < -0.4 is 14.8 Å². The summed E-state index contributed by atoms with van der Waals surface area (Å²) in [6, 6.07) is 9.62. The van der Waals surface area contributed by atoms with Gasteiger partial charge in [-0.05, 0) is 38.7 Å². The second kappa shape index (κ2) is 13.3. The molecule has 39 heavy (non-hydrogen) atoms. The molecule has 1 aliphatic heterocycles. The standard InChI is InChI=1S/C25H33N7O5S2/c1-4-26-39(34,35)19-8-6-18(7-9-19)22(30-32-13-16-36-17-14-32)23(33)29-25-27-20-10-11-21(28-24(20)38-25)37-15-5-12-31(2)3/h6-11,26H,4-5,12-17H2,1-3H3,(H,27,29,33). The van der Waals surface area contributed by atoms with Crippen molar-refractivity contribution in [1.29, 1.82) is 0 Å². The number of carbonyl (C=O) groups excluding carboxylic acids is 1. The van der Waals surface area contributed by atoms with E-state index in [1.807, 2.05) is 20.2 Å². The van der Waals surface area contributed by atoms with Gasteiger partial charge in [0.2, 0.25) is 15.9 Å². The smallest absolute Gasteiger partial charge is 0.278 e. The highest BCUT2D eigenvalue weighted by Gasteiger charge is 2.21. The molecule has 0 aliphatic carbocycles. The number of nitrogens with zero attached hydrogens (tertiary/aromatic N) is 5. The van der Waals surface area contributed by atoms with E-state index in [2.05, 4.69) is 30.0 Å². The van der Waals surface area contributed by atoms with Gasteiger partial charge >= 0.3 is 0 Å². The number of ether oxygens (including phenoxy) is 2. The highest BCUT2D eigenvalue weighted by molar-refractivity contribution is 7.89. The van der Waals surface area contributed by atoms with Crippen molar-refractivity contribution >= 4 is 48.5 Å². The van der Waals surface area contributed by atoms with Gasteiger partial charge in [0.1, 0.15) is 10.3 Å². The number of anilines is 1. The van der Waals surface area contributed by atoms with E-state index in [1.165, 1.54) is 23.5 Å². The van der Waals surface area contributed by atoms with Crippen LogP contribution in [0.5, 0.6) is 5.88 Å². The van der Waals surface area contributed by atoms with Gasteiger partial charge in [-0.1, -0.05) is 30.4 Å². The van der Waals surface area contributed by atoms with Gasteiger partial charge in [0.05, 0.1) is 37.8 Å². The zero-order valence-corrected chi connectivity index (χ0v) is 23.8. The van der Waals surface area contributed by atoms with Crippen molar-refractivity contribution < 1.29 is 22.7 Å². The predicted octanol–water partition coefficient (Wildman–Crippen LogP) is 1.99. The van der Waals surface area contributed by atoms with Crippen molar-refractivity contribution in [3.05, 3.63) is 42.0 Å². The Bertz CT molecular complexity index is 1400. The third-order valence-electron chi connectivity index (χ3n) is 5.67. The summed E-state index contributed by atoms with van der Waals surface area (Å²) in [5, 5.41) is 9.55. The van der Waals surface area contributed by atoms with E-state index >= 15 is 0 Å². The first-order valence-corrected chi connectivity index (χ1v) is 14.9. The van der Waals surface area contributed by atoms with Gasteiger partial charge in [0, 0.05) is 24.7 Å². The third-order valence-corrected chi connectivity index (χ3v) is 8.11. The first-order valence-electron chi connectivity index (χ1n) is 12.6. The molecular formula is C25H33N7O5S2. The van der Waals surface area contributed by atoms with Crippen molar-refractivity contribution in [2.45, 2.75) is 18.2 Å². The Morgan fingerprint density at radius 1 is 1.15 bits per heavy atom. The van der Waals surface area contributed by atoms with E-state index in [-0.39, 0.29) is 17.2 Å². The Balaban J connectivity index is 1.53. The Morgan fingerprint density at radius 2 is 1.90 bits per heavy atom. The molecule has 12 nitrogen and oxygen atoms in total. The van der Waals surface area contributed by atoms with Gasteiger partial charge in [0.25, 0.3) is 5.91 Å². The second-order valence-corrected chi connectivity index (χ2v) is 11.7. The van der Waals surface area contributed by atoms with Crippen molar-refractivity contribution in [2.75, 3.05) is 65.4 Å². The molecule has 0 unspecified atom stereocenters. The molecule has 1 aliphatic rings. The van der Waals surface area contributed by atoms with Gasteiger partial charge in [-0.25, -0.2) is 23.1 Å². The summed E-state index contributed by atoms with van der Waals surface area (Å²) in [5.74, 6) is 0.0351. The maximum Gasteiger partial charge on any atom is 0.278 e. The van der Waals surface area contributed by atoms with Crippen LogP contribution in [-0.2, 0) is 19.6 Å². The van der Waals surface area contributed by atoms with Crippen LogP contribution >= 0.6 is 11.3 Å². The summed E-state index contributed by atoms with van der Waals surface area (Å²) in [7, 11) is 0.402. The molecule has 210 valence electrons. The summed E-state index contributed by atoms with van der Waals surface area (Å²) in [4.78, 5) is 25.3. The maximum atomic E-state index is 13.4. The maximum absolute atomic E-state index is 13.4. The fraction of sp³-hybridized carbons (Fsp3) is 0.440. The lowest BCUT2D eigenvalue weighted by Crippen LogP contribution is -2.35. The second-order valence-electron chi connectivity index (χ2n) is 8.99.